The Balaban J connectivity index is 1.53. The molecule has 1 aliphatic heterocycles. The normalized spacial score (nSPS) is 21.3. The van der Waals surface area contributed by atoms with Gasteiger partial charge in [-0.2, -0.15) is 0 Å². The van der Waals surface area contributed by atoms with E-state index >= 15 is 0 Å². The molecule has 1 saturated heterocycles. The van der Waals surface area contributed by atoms with Gasteiger partial charge in [0.05, 0.1) is 11.9 Å². The van der Waals surface area contributed by atoms with Crippen LogP contribution in [0.15, 0.2) is 71.3 Å². The molecule has 3 unspecified atom stereocenters. The first-order valence-corrected chi connectivity index (χ1v) is 13.2. The summed E-state index contributed by atoms with van der Waals surface area (Å²) in [5.74, 6) is 0.295. The lowest BCUT2D eigenvalue weighted by Gasteiger charge is -2.26. The van der Waals surface area contributed by atoms with Crippen LogP contribution in [0.4, 0.5) is 0 Å². The summed E-state index contributed by atoms with van der Waals surface area (Å²) in [6.45, 7) is 9.70. The summed E-state index contributed by atoms with van der Waals surface area (Å²) in [5.41, 5.74) is 2.04. The molecule has 3 rings (SSSR count). The van der Waals surface area contributed by atoms with Gasteiger partial charge in [0, 0.05) is 36.5 Å². The highest BCUT2D eigenvalue weighted by molar-refractivity contribution is 5.90. The fraction of sp³-hybridized carbons (Fsp3) is 0.500. The molecule has 0 spiro atoms. The van der Waals surface area contributed by atoms with Gasteiger partial charge in [-0.3, -0.25) is 0 Å². The van der Waals surface area contributed by atoms with Crippen LogP contribution < -0.4 is 0 Å². The van der Waals surface area contributed by atoms with Crippen LogP contribution in [0.5, 0.6) is 0 Å². The third-order valence-corrected chi connectivity index (χ3v) is 6.62. The van der Waals surface area contributed by atoms with Crippen LogP contribution in [0, 0.1) is 0 Å². The van der Waals surface area contributed by atoms with Crippen LogP contribution >= 0.6 is 0 Å². The molecule has 0 N–H and O–H groups in total. The highest BCUT2D eigenvalue weighted by Gasteiger charge is 2.35. The van der Waals surface area contributed by atoms with Crippen molar-refractivity contribution in [3.8, 4) is 0 Å². The van der Waals surface area contributed by atoms with Crippen molar-refractivity contribution in [2.24, 2.45) is 0 Å². The van der Waals surface area contributed by atoms with E-state index in [4.69, 9.17) is 18.9 Å². The summed E-state index contributed by atoms with van der Waals surface area (Å²) in [6, 6.07) is 0. The molecule has 0 radical (unpaired) electrons. The van der Waals surface area contributed by atoms with E-state index < -0.39 is 0 Å². The summed E-state index contributed by atoms with van der Waals surface area (Å²) < 4.78 is 22.5. The van der Waals surface area contributed by atoms with Crippen molar-refractivity contribution in [3.63, 3.8) is 0 Å². The molecule has 0 aromatic rings. The van der Waals surface area contributed by atoms with Gasteiger partial charge in [-0.15, -0.1) is 0 Å². The first kappa shape index (κ1) is 28.2. The largest absolute Gasteiger partial charge is 0.491 e. The number of cyclic esters (lactones) is 1. The van der Waals surface area contributed by atoms with E-state index in [1.165, 1.54) is 6.08 Å². The minimum atomic E-state index is -0.366. The molecule has 0 bridgehead atoms. The molecule has 1 fully saturated rings. The number of carbonyl (C=O) groups is 3. The van der Waals surface area contributed by atoms with Gasteiger partial charge in [-0.1, -0.05) is 39.0 Å². The van der Waals surface area contributed by atoms with Crippen molar-refractivity contribution in [2.75, 3.05) is 0 Å². The summed E-state index contributed by atoms with van der Waals surface area (Å²) in [4.78, 5) is 36.3. The smallest absolute Gasteiger partial charge is 0.339 e. The molecule has 7 heteroatoms. The predicted molar refractivity (Wildman–Crippen MR) is 140 cm³/mol. The molecule has 0 aromatic carbocycles. The van der Waals surface area contributed by atoms with Gasteiger partial charge in [0.25, 0.3) is 0 Å². The number of esters is 3. The molecule has 2 aliphatic carbocycles. The Bertz CT molecular complexity index is 1020. The SMILES string of the molecule is C=C1CC(C(CCCC)OC2=CC=C(C(=O)OC3=CC=C(/C=C/C(=O)OC(C)CC)CC3)CC2)OC1=O. The first-order chi connectivity index (χ1) is 17.8. The third kappa shape index (κ3) is 8.62. The van der Waals surface area contributed by atoms with Crippen molar-refractivity contribution in [2.45, 2.75) is 96.9 Å². The summed E-state index contributed by atoms with van der Waals surface area (Å²) in [7, 11) is 0. The van der Waals surface area contributed by atoms with Gasteiger partial charge >= 0.3 is 17.9 Å². The lowest BCUT2D eigenvalue weighted by Crippen LogP contribution is -2.29. The van der Waals surface area contributed by atoms with E-state index in [0.29, 0.717) is 49.0 Å². The maximum Gasteiger partial charge on any atom is 0.339 e. The molecule has 7 nitrogen and oxygen atoms in total. The van der Waals surface area contributed by atoms with Gasteiger partial charge in [-0.25, -0.2) is 14.4 Å². The van der Waals surface area contributed by atoms with Crippen molar-refractivity contribution in [1.82, 2.24) is 0 Å². The average molecular weight is 511 g/mol. The molecule has 3 atom stereocenters. The molecule has 37 heavy (non-hydrogen) atoms. The van der Waals surface area contributed by atoms with Crippen LogP contribution in [0.1, 0.15) is 78.6 Å². The number of hydrogen-bond acceptors (Lipinski definition) is 7. The standard InChI is InChI=1S/C30H38O7/c1-5-7-8-26(27-19-20(3)29(32)37-27)35-24-16-12-23(13-17-24)30(33)36-25-14-9-22(10-15-25)11-18-28(31)34-21(4)6-2/h9,11-12,14,16,18,21,26-27H,3,5-8,10,13,15,17,19H2,1-2,4H3/b18-11+. The first-order valence-electron chi connectivity index (χ1n) is 13.2. The number of hydrogen-bond donors (Lipinski definition) is 0. The van der Waals surface area contributed by atoms with Crippen LogP contribution in [-0.2, 0) is 33.3 Å². The van der Waals surface area contributed by atoms with Crippen LogP contribution in [0.3, 0.4) is 0 Å². The van der Waals surface area contributed by atoms with Crippen LogP contribution in [-0.4, -0.2) is 36.2 Å². The van der Waals surface area contributed by atoms with E-state index in [1.807, 2.05) is 19.9 Å². The fourth-order valence-corrected chi connectivity index (χ4v) is 4.14. The lowest BCUT2D eigenvalue weighted by atomic mass is 10.0. The van der Waals surface area contributed by atoms with E-state index in [1.54, 1.807) is 24.3 Å². The maximum absolute atomic E-state index is 12.7. The van der Waals surface area contributed by atoms with E-state index in [-0.39, 0.29) is 36.2 Å². The van der Waals surface area contributed by atoms with Gasteiger partial charge in [0.15, 0.2) is 0 Å². The summed E-state index contributed by atoms with van der Waals surface area (Å²) in [5, 5.41) is 0. The summed E-state index contributed by atoms with van der Waals surface area (Å²) >= 11 is 0. The summed E-state index contributed by atoms with van der Waals surface area (Å²) in [6.07, 6.45) is 16.0. The second-order valence-electron chi connectivity index (χ2n) is 9.63. The Kier molecular flexibility index (Phi) is 10.5. The highest BCUT2D eigenvalue weighted by atomic mass is 16.6. The van der Waals surface area contributed by atoms with Crippen molar-refractivity contribution in [1.29, 1.82) is 0 Å². The van der Waals surface area contributed by atoms with Gasteiger partial charge < -0.3 is 18.9 Å². The maximum atomic E-state index is 12.7. The van der Waals surface area contributed by atoms with E-state index in [9.17, 15) is 14.4 Å². The minimum Gasteiger partial charge on any atom is -0.491 e. The number of ether oxygens (including phenoxy) is 4. The molecule has 3 aliphatic rings. The monoisotopic (exact) mass is 510 g/mol. The Morgan fingerprint density at radius 3 is 2.46 bits per heavy atom. The van der Waals surface area contributed by atoms with Gasteiger partial charge in [0.2, 0.25) is 0 Å². The van der Waals surface area contributed by atoms with Gasteiger partial charge in [0.1, 0.15) is 18.0 Å². The number of unbranched alkanes of at least 4 members (excludes halogenated alkanes) is 1. The number of rotatable bonds is 12. The number of allylic oxidation sites excluding steroid dienone is 8. The molecule has 1 heterocycles. The second kappa shape index (κ2) is 13.8. The minimum absolute atomic E-state index is 0.107. The van der Waals surface area contributed by atoms with Crippen molar-refractivity contribution in [3.05, 3.63) is 71.3 Å². The zero-order valence-electron chi connectivity index (χ0n) is 22.1. The zero-order valence-corrected chi connectivity index (χ0v) is 22.1. The Morgan fingerprint density at radius 2 is 1.86 bits per heavy atom. The quantitative estimate of drug-likeness (QED) is 0.178. The molecular formula is C30H38O7. The lowest BCUT2D eigenvalue weighted by molar-refractivity contribution is -0.144. The van der Waals surface area contributed by atoms with Crippen molar-refractivity contribution < 1.29 is 33.3 Å². The van der Waals surface area contributed by atoms with Crippen LogP contribution in [0.25, 0.3) is 0 Å². The number of carbonyl (C=O) groups excluding carboxylic acids is 3. The predicted octanol–water partition coefficient (Wildman–Crippen LogP) is 6.08. The molecule has 0 aromatic heterocycles. The molecular weight excluding hydrogens is 472 g/mol. The van der Waals surface area contributed by atoms with Crippen molar-refractivity contribution >= 4 is 17.9 Å². The Hall–Kier alpha value is -3.35. The zero-order chi connectivity index (χ0) is 26.8. The van der Waals surface area contributed by atoms with Gasteiger partial charge in [-0.05, 0) is 62.8 Å². The molecule has 200 valence electrons. The fourth-order valence-electron chi connectivity index (χ4n) is 4.14. The second-order valence-corrected chi connectivity index (χ2v) is 9.63. The topological polar surface area (TPSA) is 88.1 Å². The molecule has 0 saturated carbocycles. The Morgan fingerprint density at radius 1 is 1.11 bits per heavy atom. The van der Waals surface area contributed by atoms with Crippen LogP contribution in [0.2, 0.25) is 0 Å². The van der Waals surface area contributed by atoms with E-state index in [0.717, 1.165) is 37.0 Å². The highest BCUT2D eigenvalue weighted by Crippen LogP contribution is 2.30. The Labute approximate surface area is 219 Å². The third-order valence-electron chi connectivity index (χ3n) is 6.62. The average Bonchev–Trinajstić information content (AvgIpc) is 3.24. The molecule has 0 amide bonds. The van der Waals surface area contributed by atoms with E-state index in [2.05, 4.69) is 13.5 Å².